The third-order valence-electron chi connectivity index (χ3n) is 5.90. The zero-order chi connectivity index (χ0) is 20.6. The van der Waals surface area contributed by atoms with Crippen LogP contribution in [0, 0.1) is 0 Å². The molecule has 2 aliphatic rings. The second-order valence-electron chi connectivity index (χ2n) is 7.52. The molecule has 0 radical (unpaired) electrons. The van der Waals surface area contributed by atoms with Gasteiger partial charge in [-0.05, 0) is 12.8 Å². The van der Waals surface area contributed by atoms with Crippen molar-refractivity contribution in [2.75, 3.05) is 31.4 Å². The van der Waals surface area contributed by atoms with Gasteiger partial charge in [-0.15, -0.1) is 0 Å². The normalized spacial score (nSPS) is 17.9. The number of fused-ring (bicyclic) bond motifs is 2. The van der Waals surface area contributed by atoms with E-state index in [-0.39, 0.29) is 23.4 Å². The Morgan fingerprint density at radius 3 is 2.59 bits per heavy atom. The predicted molar refractivity (Wildman–Crippen MR) is 110 cm³/mol. The van der Waals surface area contributed by atoms with Gasteiger partial charge in [0.2, 0.25) is 5.95 Å². The van der Waals surface area contributed by atoms with Crippen molar-refractivity contribution in [1.82, 2.24) is 15.0 Å². The fourth-order valence-corrected chi connectivity index (χ4v) is 4.84. The molecule has 9 heteroatoms. The van der Waals surface area contributed by atoms with E-state index in [1.165, 1.54) is 0 Å². The molecular weight excluding hydrogens is 394 g/mol. The van der Waals surface area contributed by atoms with Crippen LogP contribution in [0.25, 0.3) is 0 Å². The largest absolute Gasteiger partial charge is 0.493 e. The number of pyridine rings is 1. The summed E-state index contributed by atoms with van der Waals surface area (Å²) in [6, 6.07) is 1.79. The Bertz CT molecular complexity index is 946. The van der Waals surface area contributed by atoms with E-state index in [4.69, 9.17) is 26.8 Å². The second kappa shape index (κ2) is 7.67. The van der Waals surface area contributed by atoms with Crippen molar-refractivity contribution in [1.29, 1.82) is 0 Å². The van der Waals surface area contributed by atoms with Gasteiger partial charge in [0.25, 0.3) is 0 Å². The van der Waals surface area contributed by atoms with Crippen molar-refractivity contribution in [3.05, 3.63) is 28.7 Å². The number of anilines is 2. The number of carbonyl (C=O) groups is 1. The van der Waals surface area contributed by atoms with Crippen LogP contribution in [0.4, 0.5) is 11.8 Å². The molecule has 0 bridgehead atoms. The summed E-state index contributed by atoms with van der Waals surface area (Å²) in [4.78, 5) is 28.3. The molecule has 0 saturated heterocycles. The number of Topliss-reactive ketones (excluding diaryl/α,β-unsaturated/α-hetero) is 1. The minimum absolute atomic E-state index is 0.0966. The van der Waals surface area contributed by atoms with Crippen molar-refractivity contribution in [3.63, 3.8) is 0 Å². The number of hydrogen-bond donors (Lipinski definition) is 1. The third-order valence-corrected chi connectivity index (χ3v) is 6.17. The number of hydrogen-bond acceptors (Lipinski definition) is 8. The highest BCUT2D eigenvalue weighted by molar-refractivity contribution is 6.31. The molecule has 154 valence electrons. The van der Waals surface area contributed by atoms with E-state index in [1.807, 2.05) is 4.90 Å². The van der Waals surface area contributed by atoms with Crippen LogP contribution in [0.3, 0.4) is 0 Å². The highest BCUT2D eigenvalue weighted by Gasteiger charge is 2.49. The number of carbonyl (C=O) groups excluding carboxylic acids is 1. The number of methoxy groups -OCH3 is 2. The molecule has 29 heavy (non-hydrogen) atoms. The van der Waals surface area contributed by atoms with Gasteiger partial charge in [0.15, 0.2) is 17.3 Å². The first-order chi connectivity index (χ1) is 14.0. The number of halogens is 1. The van der Waals surface area contributed by atoms with Gasteiger partial charge in [0.1, 0.15) is 11.0 Å². The fourth-order valence-electron chi connectivity index (χ4n) is 4.49. The standard InChI is InChI=1S/C20H24ClN5O3/c1-28-13-8-12(23-9-14(13)29-2)10-26-11-15(27)20(6-4-3-5-7-20)16-17(21)24-19(22)25-18(16)26/h8-9H,3-7,10-11H2,1-2H3,(H2,22,24,25). The molecule has 2 aromatic heterocycles. The molecule has 1 spiro atoms. The van der Waals surface area contributed by atoms with Gasteiger partial charge in [0, 0.05) is 11.6 Å². The predicted octanol–water partition coefficient (Wildman–Crippen LogP) is 2.92. The molecule has 1 aliphatic carbocycles. The van der Waals surface area contributed by atoms with Gasteiger partial charge in [-0.25, -0.2) is 4.98 Å². The molecular formula is C20H24ClN5O3. The molecule has 1 aliphatic heterocycles. The summed E-state index contributed by atoms with van der Waals surface area (Å²) >= 11 is 6.53. The number of nitrogen functional groups attached to an aromatic ring is 1. The number of aromatic nitrogens is 3. The lowest BCUT2D eigenvalue weighted by molar-refractivity contribution is -0.125. The summed E-state index contributed by atoms with van der Waals surface area (Å²) in [5, 5.41) is 0.271. The molecule has 8 nitrogen and oxygen atoms in total. The van der Waals surface area contributed by atoms with Crippen molar-refractivity contribution < 1.29 is 14.3 Å². The smallest absolute Gasteiger partial charge is 0.223 e. The lowest BCUT2D eigenvalue weighted by Crippen LogP contribution is -2.50. The average molecular weight is 418 g/mol. The van der Waals surface area contributed by atoms with Gasteiger partial charge in [0.05, 0.1) is 44.6 Å². The molecule has 1 fully saturated rings. The van der Waals surface area contributed by atoms with Gasteiger partial charge >= 0.3 is 0 Å². The lowest BCUT2D eigenvalue weighted by atomic mass is 9.65. The molecule has 0 atom stereocenters. The Hall–Kier alpha value is -2.61. The van der Waals surface area contributed by atoms with E-state index in [9.17, 15) is 4.79 Å². The number of nitrogens with two attached hydrogens (primary N) is 1. The summed E-state index contributed by atoms with van der Waals surface area (Å²) in [5.74, 6) is 1.99. The Labute approximate surface area is 174 Å². The van der Waals surface area contributed by atoms with Crippen molar-refractivity contribution >= 4 is 29.2 Å². The third kappa shape index (κ3) is 3.35. The highest BCUT2D eigenvalue weighted by atomic mass is 35.5. The molecule has 2 aromatic rings. The van der Waals surface area contributed by atoms with Gasteiger partial charge < -0.3 is 20.1 Å². The van der Waals surface area contributed by atoms with E-state index in [2.05, 4.69) is 15.0 Å². The topological polar surface area (TPSA) is 103 Å². The molecule has 2 N–H and O–H groups in total. The number of rotatable bonds is 4. The molecule has 3 heterocycles. The van der Waals surface area contributed by atoms with Crippen molar-refractivity contribution in [2.45, 2.75) is 44.1 Å². The van der Waals surface area contributed by atoms with E-state index < -0.39 is 5.41 Å². The molecule has 0 unspecified atom stereocenters. The second-order valence-corrected chi connectivity index (χ2v) is 7.88. The van der Waals surface area contributed by atoms with E-state index >= 15 is 0 Å². The van der Waals surface area contributed by atoms with Crippen LogP contribution in [0.15, 0.2) is 12.3 Å². The molecule has 4 rings (SSSR count). The quantitative estimate of drug-likeness (QED) is 0.757. The average Bonchev–Trinajstić information content (AvgIpc) is 2.72. The Morgan fingerprint density at radius 2 is 1.90 bits per heavy atom. The van der Waals surface area contributed by atoms with Crippen LogP contribution < -0.4 is 20.1 Å². The van der Waals surface area contributed by atoms with Crippen molar-refractivity contribution in [3.8, 4) is 11.5 Å². The minimum Gasteiger partial charge on any atom is -0.493 e. The highest BCUT2D eigenvalue weighted by Crippen LogP contribution is 2.49. The number of nitrogens with zero attached hydrogens (tertiary/aromatic N) is 4. The Morgan fingerprint density at radius 1 is 1.17 bits per heavy atom. The maximum Gasteiger partial charge on any atom is 0.223 e. The summed E-state index contributed by atoms with van der Waals surface area (Å²) in [6.07, 6.45) is 6.25. The van der Waals surface area contributed by atoms with E-state index in [0.717, 1.165) is 32.1 Å². The molecule has 0 amide bonds. The lowest BCUT2D eigenvalue weighted by Gasteiger charge is -2.44. The first-order valence-corrected chi connectivity index (χ1v) is 10.0. The van der Waals surface area contributed by atoms with Crippen LogP contribution >= 0.6 is 11.6 Å². The summed E-state index contributed by atoms with van der Waals surface area (Å²) < 4.78 is 10.6. The Balaban J connectivity index is 1.76. The monoisotopic (exact) mass is 417 g/mol. The van der Waals surface area contributed by atoms with E-state index in [1.54, 1.807) is 26.5 Å². The van der Waals surface area contributed by atoms with Gasteiger partial charge in [-0.2, -0.15) is 4.98 Å². The maximum absolute atomic E-state index is 13.3. The zero-order valence-electron chi connectivity index (χ0n) is 16.6. The van der Waals surface area contributed by atoms with Crippen LogP contribution in [-0.2, 0) is 16.8 Å². The Kier molecular flexibility index (Phi) is 5.21. The van der Waals surface area contributed by atoms with Crippen LogP contribution in [0.5, 0.6) is 11.5 Å². The number of ketones is 1. The van der Waals surface area contributed by atoms with Crippen LogP contribution in [-0.4, -0.2) is 41.5 Å². The SMILES string of the molecule is COc1cnc(CN2CC(=O)C3(CCCCC3)c3c(Cl)nc(N)nc32)cc1OC. The van der Waals surface area contributed by atoms with E-state index in [0.29, 0.717) is 35.1 Å². The van der Waals surface area contributed by atoms with Crippen LogP contribution in [0.2, 0.25) is 5.15 Å². The van der Waals surface area contributed by atoms with Gasteiger partial charge in [-0.1, -0.05) is 30.9 Å². The summed E-state index contributed by atoms with van der Waals surface area (Å²) in [5.41, 5.74) is 6.72. The minimum atomic E-state index is -0.611. The summed E-state index contributed by atoms with van der Waals surface area (Å²) in [7, 11) is 3.13. The fraction of sp³-hybridized carbons (Fsp3) is 0.500. The molecule has 1 saturated carbocycles. The van der Waals surface area contributed by atoms with Gasteiger partial charge in [-0.3, -0.25) is 9.78 Å². The maximum atomic E-state index is 13.3. The van der Waals surface area contributed by atoms with Crippen LogP contribution in [0.1, 0.15) is 43.4 Å². The first kappa shape index (κ1) is 19.7. The molecule has 0 aromatic carbocycles. The van der Waals surface area contributed by atoms with Crippen molar-refractivity contribution in [2.24, 2.45) is 0 Å². The zero-order valence-corrected chi connectivity index (χ0v) is 17.3. The summed E-state index contributed by atoms with van der Waals surface area (Å²) in [6.45, 7) is 0.595. The number of ether oxygens (including phenoxy) is 2. The first-order valence-electron chi connectivity index (χ1n) is 9.67.